The number of hydrogen-bond acceptors (Lipinski definition) is 5. The van der Waals surface area contributed by atoms with Gasteiger partial charge in [-0.25, -0.2) is 0 Å². The van der Waals surface area contributed by atoms with Crippen molar-refractivity contribution in [2.45, 2.75) is 19.5 Å². The van der Waals surface area contributed by atoms with E-state index in [-0.39, 0.29) is 12.3 Å². The van der Waals surface area contributed by atoms with Gasteiger partial charge in [-0.3, -0.25) is 9.48 Å². The van der Waals surface area contributed by atoms with Crippen LogP contribution in [0.3, 0.4) is 0 Å². The highest BCUT2D eigenvalue weighted by atomic mass is 16.5. The van der Waals surface area contributed by atoms with Crippen LogP contribution in [-0.2, 0) is 6.54 Å². The molecule has 0 saturated carbocycles. The first kappa shape index (κ1) is 15.9. The van der Waals surface area contributed by atoms with Crippen molar-refractivity contribution in [1.82, 2.24) is 20.3 Å². The van der Waals surface area contributed by atoms with E-state index in [1.54, 1.807) is 16.9 Å². The molecule has 3 rings (SSSR count). The summed E-state index contributed by atoms with van der Waals surface area (Å²) in [5, 5.41) is 20.2. The normalized spacial score (nSPS) is 12.1. The van der Waals surface area contributed by atoms with E-state index in [4.69, 9.17) is 4.52 Å². The average Bonchev–Trinajstić information content (AvgIpc) is 3.23. The van der Waals surface area contributed by atoms with Crippen LogP contribution in [0.25, 0.3) is 0 Å². The average molecular weight is 326 g/mol. The molecule has 2 heterocycles. The van der Waals surface area contributed by atoms with Gasteiger partial charge in [0, 0.05) is 12.3 Å². The molecule has 1 atom stereocenters. The van der Waals surface area contributed by atoms with Crippen LogP contribution in [0.15, 0.2) is 53.3 Å². The molecule has 124 valence electrons. The molecular weight excluding hydrogens is 308 g/mol. The van der Waals surface area contributed by atoms with Crippen molar-refractivity contribution in [1.29, 1.82) is 0 Å². The SMILES string of the molecule is Cc1cnn(Cc2cc(C(=O)NC(CO)c3ccccc3)no2)c1. The second-order valence-electron chi connectivity index (χ2n) is 5.51. The predicted molar refractivity (Wildman–Crippen MR) is 86.3 cm³/mol. The summed E-state index contributed by atoms with van der Waals surface area (Å²) in [5.74, 6) is 0.132. The molecule has 7 heteroatoms. The van der Waals surface area contributed by atoms with Crippen LogP contribution in [-0.4, -0.2) is 32.6 Å². The quantitative estimate of drug-likeness (QED) is 0.719. The standard InChI is InChI=1S/C17H18N4O3/c1-12-8-18-21(9-12)10-14-7-15(20-24-14)17(23)19-16(11-22)13-5-3-2-4-6-13/h2-9,16,22H,10-11H2,1H3,(H,19,23). The molecule has 3 aromatic rings. The second kappa shape index (κ2) is 7.10. The maximum atomic E-state index is 12.3. The first-order chi connectivity index (χ1) is 11.7. The molecule has 1 amide bonds. The number of nitrogens with one attached hydrogen (secondary N) is 1. The molecule has 0 aliphatic heterocycles. The molecule has 0 radical (unpaired) electrons. The Morgan fingerprint density at radius 2 is 2.17 bits per heavy atom. The predicted octanol–water partition coefficient (Wildman–Crippen LogP) is 1.69. The van der Waals surface area contributed by atoms with Gasteiger partial charge in [0.25, 0.3) is 5.91 Å². The number of rotatable bonds is 6. The molecule has 1 aromatic carbocycles. The highest BCUT2D eigenvalue weighted by Gasteiger charge is 2.18. The topological polar surface area (TPSA) is 93.2 Å². The number of aromatic nitrogens is 3. The lowest BCUT2D eigenvalue weighted by molar-refractivity contribution is 0.0907. The van der Waals surface area contributed by atoms with Crippen molar-refractivity contribution >= 4 is 5.91 Å². The van der Waals surface area contributed by atoms with Gasteiger partial charge in [-0.1, -0.05) is 35.5 Å². The molecule has 0 saturated heterocycles. The van der Waals surface area contributed by atoms with Gasteiger partial charge in [0.2, 0.25) is 0 Å². The van der Waals surface area contributed by atoms with Crippen molar-refractivity contribution in [2.75, 3.05) is 6.61 Å². The third-order valence-corrected chi connectivity index (χ3v) is 3.56. The Bertz CT molecular complexity index is 810. The Kier molecular flexibility index (Phi) is 4.72. The molecule has 0 aliphatic carbocycles. The van der Waals surface area contributed by atoms with E-state index in [1.807, 2.05) is 43.5 Å². The third kappa shape index (κ3) is 3.69. The van der Waals surface area contributed by atoms with E-state index in [2.05, 4.69) is 15.6 Å². The zero-order chi connectivity index (χ0) is 16.9. The monoisotopic (exact) mass is 326 g/mol. The van der Waals surface area contributed by atoms with E-state index in [9.17, 15) is 9.90 Å². The molecule has 7 nitrogen and oxygen atoms in total. The zero-order valence-corrected chi connectivity index (χ0v) is 13.2. The van der Waals surface area contributed by atoms with Crippen molar-refractivity contribution in [2.24, 2.45) is 0 Å². The molecule has 0 aliphatic rings. The maximum absolute atomic E-state index is 12.3. The van der Waals surface area contributed by atoms with Gasteiger partial charge >= 0.3 is 0 Å². The number of aliphatic hydroxyl groups excluding tert-OH is 1. The number of benzene rings is 1. The van der Waals surface area contributed by atoms with Crippen LogP contribution < -0.4 is 5.32 Å². The van der Waals surface area contributed by atoms with E-state index in [0.29, 0.717) is 12.3 Å². The summed E-state index contributed by atoms with van der Waals surface area (Å²) < 4.78 is 6.89. The number of carbonyl (C=O) groups excluding carboxylic acids is 1. The maximum Gasteiger partial charge on any atom is 0.274 e. The summed E-state index contributed by atoms with van der Waals surface area (Å²) in [6, 6.07) is 10.3. The van der Waals surface area contributed by atoms with E-state index in [0.717, 1.165) is 11.1 Å². The van der Waals surface area contributed by atoms with Gasteiger partial charge in [-0.05, 0) is 18.1 Å². The van der Waals surface area contributed by atoms with Crippen LogP contribution in [0.4, 0.5) is 0 Å². The molecular formula is C17H18N4O3. The Morgan fingerprint density at radius 1 is 1.38 bits per heavy atom. The Morgan fingerprint density at radius 3 is 2.83 bits per heavy atom. The first-order valence-electron chi connectivity index (χ1n) is 7.57. The smallest absolute Gasteiger partial charge is 0.274 e. The number of nitrogens with zero attached hydrogens (tertiary/aromatic N) is 3. The fraction of sp³-hybridized carbons (Fsp3) is 0.235. The number of hydrogen-bond donors (Lipinski definition) is 2. The first-order valence-corrected chi connectivity index (χ1v) is 7.57. The van der Waals surface area contributed by atoms with E-state index >= 15 is 0 Å². The van der Waals surface area contributed by atoms with Crippen molar-refractivity contribution in [3.05, 3.63) is 71.4 Å². The van der Waals surface area contributed by atoms with Crippen molar-refractivity contribution in [3.63, 3.8) is 0 Å². The minimum absolute atomic E-state index is 0.170. The van der Waals surface area contributed by atoms with Crippen molar-refractivity contribution in [3.8, 4) is 0 Å². The van der Waals surface area contributed by atoms with E-state index < -0.39 is 11.9 Å². The Balaban J connectivity index is 1.67. The summed E-state index contributed by atoms with van der Waals surface area (Å²) in [4.78, 5) is 12.3. The molecule has 0 bridgehead atoms. The van der Waals surface area contributed by atoms with Crippen LogP contribution in [0, 0.1) is 6.92 Å². The lowest BCUT2D eigenvalue weighted by atomic mass is 10.1. The summed E-state index contributed by atoms with van der Waals surface area (Å²) in [7, 11) is 0. The lowest BCUT2D eigenvalue weighted by Crippen LogP contribution is -2.30. The fourth-order valence-electron chi connectivity index (χ4n) is 2.36. The molecule has 0 fully saturated rings. The largest absolute Gasteiger partial charge is 0.394 e. The van der Waals surface area contributed by atoms with Crippen molar-refractivity contribution < 1.29 is 14.4 Å². The summed E-state index contributed by atoms with van der Waals surface area (Å²) in [6.45, 7) is 2.14. The molecule has 1 unspecified atom stereocenters. The third-order valence-electron chi connectivity index (χ3n) is 3.56. The molecule has 2 aromatic heterocycles. The van der Waals surface area contributed by atoms with Gasteiger partial charge in [-0.2, -0.15) is 5.10 Å². The van der Waals surface area contributed by atoms with Gasteiger partial charge < -0.3 is 14.9 Å². The Labute approximate surface area is 138 Å². The molecule has 0 spiro atoms. The van der Waals surface area contributed by atoms with Gasteiger partial charge in [-0.15, -0.1) is 0 Å². The van der Waals surface area contributed by atoms with E-state index in [1.165, 1.54) is 0 Å². The highest BCUT2D eigenvalue weighted by molar-refractivity contribution is 5.92. The van der Waals surface area contributed by atoms with Gasteiger partial charge in [0.05, 0.1) is 18.8 Å². The minimum atomic E-state index is -0.493. The summed E-state index contributed by atoms with van der Waals surface area (Å²) in [5.41, 5.74) is 2.04. The minimum Gasteiger partial charge on any atom is -0.394 e. The second-order valence-corrected chi connectivity index (χ2v) is 5.51. The molecule has 24 heavy (non-hydrogen) atoms. The van der Waals surface area contributed by atoms with Gasteiger partial charge in [0.15, 0.2) is 11.5 Å². The van der Waals surface area contributed by atoms with Crippen LogP contribution in [0.2, 0.25) is 0 Å². The summed E-state index contributed by atoms with van der Waals surface area (Å²) in [6.07, 6.45) is 3.62. The van der Waals surface area contributed by atoms with Gasteiger partial charge in [0.1, 0.15) is 6.54 Å². The van der Waals surface area contributed by atoms with Crippen LogP contribution in [0.1, 0.15) is 33.4 Å². The molecule has 2 N–H and O–H groups in total. The van der Waals surface area contributed by atoms with Crippen LogP contribution in [0.5, 0.6) is 0 Å². The lowest BCUT2D eigenvalue weighted by Gasteiger charge is -2.15. The number of aliphatic hydroxyl groups is 1. The summed E-state index contributed by atoms with van der Waals surface area (Å²) >= 11 is 0. The fourth-order valence-corrected chi connectivity index (χ4v) is 2.36. The van der Waals surface area contributed by atoms with Crippen LogP contribution >= 0.6 is 0 Å². The zero-order valence-electron chi connectivity index (χ0n) is 13.2. The number of amides is 1. The number of aryl methyl sites for hydroxylation is 1. The Hall–Kier alpha value is -2.93. The highest BCUT2D eigenvalue weighted by Crippen LogP contribution is 2.13. The number of carbonyl (C=O) groups is 1.